The summed E-state index contributed by atoms with van der Waals surface area (Å²) in [6.45, 7) is 15.5. The van der Waals surface area contributed by atoms with E-state index in [1.54, 1.807) is 21.7 Å². The minimum atomic E-state index is -0.828. The number of carbonyl (C=O) groups excluding carboxylic acids is 4. The standard InChI is InChI=1S/C48H64N10O7/c1-5-7-17-49-47(62)64-32-57-31-38-28-35(27-34(3)43(38)52-57)29-41(45(60)55-25-23-54(24-26-55)39-15-19-53(4)20-16-39)51-46(61)56-21-13-36(14-22-56)40-30-37-11-9-10-12-42(37)58(44(40)59)33-65-48(63)50-18-8-6-2/h5-6,9-12,27-28,30-31,36,39,41H,1-2,7-8,13-26,29,32-33H2,3-4H3,(H,49,62)(H,50,63)(H,51,61)/t41-/m1/s1. The van der Waals surface area contributed by atoms with Crippen molar-refractivity contribution in [3.05, 3.63) is 101 Å². The molecule has 3 saturated heterocycles. The molecule has 348 valence electrons. The maximum absolute atomic E-state index is 14.5. The summed E-state index contributed by atoms with van der Waals surface area (Å²) in [6.07, 6.45) is 8.89. The molecule has 3 aliphatic heterocycles. The fourth-order valence-electron chi connectivity index (χ4n) is 9.25. The first-order chi connectivity index (χ1) is 31.5. The van der Waals surface area contributed by atoms with Crippen LogP contribution in [0.5, 0.6) is 0 Å². The molecule has 5 amide bonds. The smallest absolute Gasteiger partial charge is 0.408 e. The summed E-state index contributed by atoms with van der Waals surface area (Å²) < 4.78 is 13.9. The van der Waals surface area contributed by atoms with Gasteiger partial charge in [-0.1, -0.05) is 36.4 Å². The van der Waals surface area contributed by atoms with Crippen LogP contribution in [-0.2, 0) is 34.2 Å². The Balaban J connectivity index is 1.04. The van der Waals surface area contributed by atoms with Gasteiger partial charge in [0, 0.05) is 82.0 Å². The number of hydrogen-bond acceptors (Lipinski definition) is 10. The first-order valence-corrected chi connectivity index (χ1v) is 22.9. The van der Waals surface area contributed by atoms with Crippen molar-refractivity contribution in [3.8, 4) is 0 Å². The number of aromatic nitrogens is 3. The van der Waals surface area contributed by atoms with Crippen LogP contribution in [0.2, 0.25) is 0 Å². The predicted molar refractivity (Wildman–Crippen MR) is 250 cm³/mol. The lowest BCUT2D eigenvalue weighted by molar-refractivity contribution is -0.135. The van der Waals surface area contributed by atoms with Crippen molar-refractivity contribution in [1.82, 2.24) is 49.9 Å². The topological polar surface area (TPSA) is 176 Å². The van der Waals surface area contributed by atoms with Gasteiger partial charge >= 0.3 is 18.2 Å². The minimum Gasteiger partial charge on any atom is -0.428 e. The number of ether oxygens (including phenoxy) is 2. The minimum absolute atomic E-state index is 0.0678. The molecule has 7 rings (SSSR count). The van der Waals surface area contributed by atoms with Crippen molar-refractivity contribution < 1.29 is 28.7 Å². The van der Waals surface area contributed by atoms with Gasteiger partial charge in [0.2, 0.25) is 5.91 Å². The lowest BCUT2D eigenvalue weighted by atomic mass is 9.89. The van der Waals surface area contributed by atoms with Gasteiger partial charge in [0.05, 0.1) is 11.0 Å². The van der Waals surface area contributed by atoms with Crippen LogP contribution in [0.15, 0.2) is 78.8 Å². The Labute approximate surface area is 380 Å². The second-order valence-corrected chi connectivity index (χ2v) is 17.4. The van der Waals surface area contributed by atoms with E-state index in [9.17, 15) is 24.0 Å². The van der Waals surface area contributed by atoms with Crippen molar-refractivity contribution in [2.24, 2.45) is 0 Å². The quantitative estimate of drug-likeness (QED) is 0.104. The van der Waals surface area contributed by atoms with Crippen molar-refractivity contribution in [1.29, 1.82) is 0 Å². The number of likely N-dealkylation sites (tertiary alicyclic amines) is 2. The molecule has 3 N–H and O–H groups in total. The van der Waals surface area contributed by atoms with E-state index >= 15 is 0 Å². The summed E-state index contributed by atoms with van der Waals surface area (Å²) in [5.41, 5.74) is 3.55. The molecular weight excluding hydrogens is 829 g/mol. The Morgan fingerprint density at radius 1 is 0.815 bits per heavy atom. The number of piperazine rings is 1. The summed E-state index contributed by atoms with van der Waals surface area (Å²) in [7, 11) is 2.16. The van der Waals surface area contributed by atoms with E-state index in [1.807, 2.05) is 60.5 Å². The molecule has 3 aliphatic rings. The SMILES string of the molecule is C=CCCNC(=O)OCn1cc2cc(C[C@@H](NC(=O)N3CCC(c4cc5ccccc5n(COC(=O)NCCC=C)c4=O)CC3)C(=O)N3CCN(C4CCN(C)CC4)CC3)cc(C)c2n1. The van der Waals surface area contributed by atoms with Crippen LogP contribution >= 0.6 is 0 Å². The van der Waals surface area contributed by atoms with Crippen LogP contribution in [0.4, 0.5) is 14.4 Å². The number of nitrogens with zero attached hydrogens (tertiary/aromatic N) is 7. The number of hydrogen-bond donors (Lipinski definition) is 3. The first kappa shape index (κ1) is 46.8. The largest absolute Gasteiger partial charge is 0.428 e. The van der Waals surface area contributed by atoms with Gasteiger partial charge in [0.15, 0.2) is 13.5 Å². The van der Waals surface area contributed by atoms with Gasteiger partial charge in [-0.05, 0) is 106 Å². The molecule has 0 bridgehead atoms. The van der Waals surface area contributed by atoms with Crippen LogP contribution in [-0.4, -0.2) is 143 Å². The fourth-order valence-corrected chi connectivity index (χ4v) is 9.25. The van der Waals surface area contributed by atoms with E-state index in [4.69, 9.17) is 9.47 Å². The van der Waals surface area contributed by atoms with E-state index in [0.717, 1.165) is 66.4 Å². The zero-order valence-electron chi connectivity index (χ0n) is 37.8. The Kier molecular flexibility index (Phi) is 15.9. The zero-order chi connectivity index (χ0) is 45.9. The third-order valence-corrected chi connectivity index (χ3v) is 12.9. The number of carbonyl (C=O) groups is 4. The first-order valence-electron chi connectivity index (χ1n) is 22.9. The number of amides is 5. The molecule has 0 aliphatic carbocycles. The highest BCUT2D eigenvalue weighted by Crippen LogP contribution is 2.29. The maximum atomic E-state index is 14.5. The van der Waals surface area contributed by atoms with E-state index in [1.165, 1.54) is 4.57 Å². The predicted octanol–water partition coefficient (Wildman–Crippen LogP) is 4.92. The number of piperidine rings is 2. The molecule has 2 aromatic carbocycles. The maximum Gasteiger partial charge on any atom is 0.408 e. The van der Waals surface area contributed by atoms with Crippen LogP contribution in [0, 0.1) is 6.92 Å². The molecular formula is C48H64N10O7. The summed E-state index contributed by atoms with van der Waals surface area (Å²) in [5.74, 6) is -0.247. The molecule has 0 saturated carbocycles. The lowest BCUT2D eigenvalue weighted by Crippen LogP contribution is -2.59. The van der Waals surface area contributed by atoms with Crippen LogP contribution in [0.3, 0.4) is 0 Å². The van der Waals surface area contributed by atoms with E-state index in [2.05, 4.69) is 51.1 Å². The molecule has 5 heterocycles. The second-order valence-electron chi connectivity index (χ2n) is 17.4. The number of benzene rings is 2. The Bertz CT molecular complexity index is 2390. The van der Waals surface area contributed by atoms with Crippen LogP contribution in [0.1, 0.15) is 61.1 Å². The second kappa shape index (κ2) is 22.1. The van der Waals surface area contributed by atoms with E-state index in [0.29, 0.717) is 82.1 Å². The summed E-state index contributed by atoms with van der Waals surface area (Å²) in [6, 6.07) is 12.8. The molecule has 0 unspecified atom stereocenters. The average Bonchev–Trinajstić information content (AvgIpc) is 3.74. The molecule has 17 nitrogen and oxygen atoms in total. The van der Waals surface area contributed by atoms with Gasteiger partial charge in [-0.3, -0.25) is 19.1 Å². The lowest BCUT2D eigenvalue weighted by Gasteiger charge is -2.43. The summed E-state index contributed by atoms with van der Waals surface area (Å²) in [4.78, 5) is 75.8. The molecule has 17 heteroatoms. The number of pyridine rings is 1. The number of para-hydroxylation sites is 1. The monoisotopic (exact) mass is 892 g/mol. The molecule has 2 aromatic heterocycles. The van der Waals surface area contributed by atoms with Gasteiger partial charge in [-0.25, -0.2) is 19.1 Å². The number of nitrogens with one attached hydrogen (secondary N) is 3. The number of rotatable bonds is 16. The number of alkyl carbamates (subject to hydrolysis) is 2. The molecule has 0 radical (unpaired) electrons. The van der Waals surface area contributed by atoms with Gasteiger partial charge in [0.1, 0.15) is 6.04 Å². The van der Waals surface area contributed by atoms with Crippen molar-refractivity contribution >= 4 is 45.9 Å². The van der Waals surface area contributed by atoms with E-state index in [-0.39, 0.29) is 43.3 Å². The third kappa shape index (κ3) is 11.9. The Morgan fingerprint density at radius 2 is 1.48 bits per heavy atom. The molecule has 1 atom stereocenters. The van der Waals surface area contributed by atoms with Crippen molar-refractivity contribution in [3.63, 3.8) is 0 Å². The molecule has 65 heavy (non-hydrogen) atoms. The molecule has 0 spiro atoms. The van der Waals surface area contributed by atoms with Crippen LogP contribution in [0.25, 0.3) is 21.8 Å². The Hall–Kier alpha value is -6.20. The van der Waals surface area contributed by atoms with Gasteiger partial charge in [-0.15, -0.1) is 13.2 Å². The van der Waals surface area contributed by atoms with Crippen molar-refractivity contribution in [2.45, 2.75) is 83.3 Å². The summed E-state index contributed by atoms with van der Waals surface area (Å²) >= 11 is 0. The number of aryl methyl sites for hydroxylation is 1. The zero-order valence-corrected chi connectivity index (χ0v) is 37.8. The highest BCUT2D eigenvalue weighted by atomic mass is 16.6. The Morgan fingerprint density at radius 3 is 2.15 bits per heavy atom. The average molecular weight is 893 g/mol. The van der Waals surface area contributed by atoms with E-state index < -0.39 is 18.2 Å². The van der Waals surface area contributed by atoms with Gasteiger partial charge in [-0.2, -0.15) is 5.10 Å². The third-order valence-electron chi connectivity index (χ3n) is 12.9. The van der Waals surface area contributed by atoms with Crippen LogP contribution < -0.4 is 21.5 Å². The van der Waals surface area contributed by atoms with Crippen molar-refractivity contribution in [2.75, 3.05) is 72.5 Å². The van der Waals surface area contributed by atoms with Gasteiger partial charge in [0.25, 0.3) is 5.56 Å². The highest BCUT2D eigenvalue weighted by Gasteiger charge is 2.34. The number of urea groups is 1. The van der Waals surface area contributed by atoms with Gasteiger partial charge < -0.3 is 40.1 Å². The summed E-state index contributed by atoms with van der Waals surface area (Å²) in [5, 5.41) is 14.8. The highest BCUT2D eigenvalue weighted by molar-refractivity contribution is 5.88. The normalized spacial score (nSPS) is 17.1. The molecule has 3 fully saturated rings. The number of fused-ring (bicyclic) bond motifs is 2. The fraction of sp³-hybridized carbons (Fsp3) is 0.500. The molecule has 4 aromatic rings.